The maximum absolute atomic E-state index is 11.2. The summed E-state index contributed by atoms with van der Waals surface area (Å²) < 4.78 is 4.49. The molecule has 19 heavy (non-hydrogen) atoms. The summed E-state index contributed by atoms with van der Waals surface area (Å²) in [6.45, 7) is 4.53. The predicted molar refractivity (Wildman–Crippen MR) is 75.5 cm³/mol. The zero-order valence-corrected chi connectivity index (χ0v) is 12.2. The van der Waals surface area contributed by atoms with Gasteiger partial charge >= 0.3 is 11.9 Å². The summed E-state index contributed by atoms with van der Waals surface area (Å²) in [6, 6.07) is 0. The van der Waals surface area contributed by atoms with Gasteiger partial charge in [0.05, 0.1) is 12.3 Å². The lowest BCUT2D eigenvalue weighted by atomic mass is 10.0. The Balaban J connectivity index is 1.96. The predicted octanol–water partition coefficient (Wildman–Crippen LogP) is 4.02. The molecule has 0 bridgehead atoms. The Morgan fingerprint density at radius 2 is 1.84 bits per heavy atom. The molecule has 3 nitrogen and oxygen atoms in total. The van der Waals surface area contributed by atoms with E-state index in [1.165, 1.54) is 32.1 Å². The third kappa shape index (κ3) is 7.14. The molecule has 0 saturated carbocycles. The van der Waals surface area contributed by atoms with Crippen LogP contribution in [0.15, 0.2) is 12.2 Å². The monoisotopic (exact) mass is 266 g/mol. The summed E-state index contributed by atoms with van der Waals surface area (Å²) in [5.74, 6) is -0.310. The van der Waals surface area contributed by atoms with Crippen LogP contribution in [0.25, 0.3) is 0 Å². The average molecular weight is 266 g/mol. The molecule has 1 atom stereocenters. The van der Waals surface area contributed by atoms with E-state index in [4.69, 9.17) is 0 Å². The minimum atomic E-state index is -0.398. The topological polar surface area (TPSA) is 43.4 Å². The lowest BCUT2D eigenvalue weighted by Gasteiger charge is -2.03. The summed E-state index contributed by atoms with van der Waals surface area (Å²) in [7, 11) is 0. The Morgan fingerprint density at radius 1 is 1.16 bits per heavy atom. The van der Waals surface area contributed by atoms with E-state index in [1.807, 2.05) is 12.2 Å². The minimum absolute atomic E-state index is 0.213. The number of rotatable bonds is 9. The fourth-order valence-electron chi connectivity index (χ4n) is 2.24. The van der Waals surface area contributed by atoms with E-state index in [9.17, 15) is 9.59 Å². The molecule has 0 aromatic heterocycles. The Morgan fingerprint density at radius 3 is 2.47 bits per heavy atom. The first-order valence-electron chi connectivity index (χ1n) is 7.50. The normalized spacial score (nSPS) is 19.6. The first-order chi connectivity index (χ1) is 9.09. The number of ether oxygens (including phenoxy) is 1. The molecular formula is C16H26O3. The highest BCUT2D eigenvalue weighted by molar-refractivity contribution is 5.95. The molecule has 1 rings (SSSR count). The van der Waals surface area contributed by atoms with Crippen LogP contribution in [0.1, 0.15) is 65.2 Å². The van der Waals surface area contributed by atoms with Crippen molar-refractivity contribution in [2.75, 3.05) is 0 Å². The highest BCUT2D eigenvalue weighted by Gasteiger charge is 2.30. The summed E-state index contributed by atoms with van der Waals surface area (Å²) in [5.41, 5.74) is 0. The number of cyclic esters (lactones) is 2. The number of hydrogen-bond acceptors (Lipinski definition) is 3. The highest BCUT2D eigenvalue weighted by Crippen LogP contribution is 2.18. The first kappa shape index (κ1) is 15.9. The minimum Gasteiger partial charge on any atom is -0.393 e. The van der Waals surface area contributed by atoms with Gasteiger partial charge in [0.15, 0.2) is 0 Å². The highest BCUT2D eigenvalue weighted by atomic mass is 16.6. The van der Waals surface area contributed by atoms with Crippen molar-refractivity contribution in [1.82, 2.24) is 0 Å². The van der Waals surface area contributed by atoms with Crippen LogP contribution in [0.5, 0.6) is 0 Å². The average Bonchev–Trinajstić information content (AvgIpc) is 2.65. The van der Waals surface area contributed by atoms with Crippen LogP contribution in [0.4, 0.5) is 0 Å². The first-order valence-corrected chi connectivity index (χ1v) is 7.50. The number of esters is 2. The van der Waals surface area contributed by atoms with Crippen LogP contribution in [-0.2, 0) is 14.3 Å². The van der Waals surface area contributed by atoms with Gasteiger partial charge in [-0.15, -0.1) is 0 Å². The SMILES string of the molecule is CC(C)CCCCCCCC=CC1CC(=O)OC1=O. The molecule has 1 aliphatic rings. The second-order valence-electron chi connectivity index (χ2n) is 5.77. The second kappa shape index (κ2) is 8.89. The van der Waals surface area contributed by atoms with Gasteiger partial charge in [-0.2, -0.15) is 0 Å². The maximum Gasteiger partial charge on any atom is 0.321 e. The third-order valence-corrected chi connectivity index (χ3v) is 3.42. The van der Waals surface area contributed by atoms with Gasteiger partial charge in [-0.1, -0.05) is 58.1 Å². The van der Waals surface area contributed by atoms with Crippen molar-refractivity contribution < 1.29 is 14.3 Å². The number of unbranched alkanes of at least 4 members (excludes halogenated alkanes) is 5. The molecule has 1 saturated heterocycles. The fraction of sp³-hybridized carbons (Fsp3) is 0.750. The van der Waals surface area contributed by atoms with Crippen LogP contribution in [-0.4, -0.2) is 11.9 Å². The summed E-state index contributed by atoms with van der Waals surface area (Å²) in [4.78, 5) is 22.1. The molecular weight excluding hydrogens is 240 g/mol. The summed E-state index contributed by atoms with van der Waals surface area (Å²) in [6.07, 6.45) is 12.7. The molecule has 0 aliphatic carbocycles. The van der Waals surface area contributed by atoms with Crippen LogP contribution < -0.4 is 0 Å². The molecule has 1 fully saturated rings. The van der Waals surface area contributed by atoms with Gasteiger partial charge in [0.2, 0.25) is 0 Å². The van der Waals surface area contributed by atoms with E-state index >= 15 is 0 Å². The van der Waals surface area contributed by atoms with Gasteiger partial charge in [-0.05, 0) is 18.8 Å². The third-order valence-electron chi connectivity index (χ3n) is 3.42. The molecule has 1 aliphatic heterocycles. The van der Waals surface area contributed by atoms with Crippen LogP contribution >= 0.6 is 0 Å². The quantitative estimate of drug-likeness (QED) is 0.274. The molecule has 0 spiro atoms. The molecule has 0 aromatic rings. The van der Waals surface area contributed by atoms with E-state index in [2.05, 4.69) is 18.6 Å². The molecule has 3 heteroatoms. The zero-order valence-electron chi connectivity index (χ0n) is 12.2. The summed E-state index contributed by atoms with van der Waals surface area (Å²) >= 11 is 0. The van der Waals surface area contributed by atoms with Gasteiger partial charge < -0.3 is 4.74 Å². The number of allylic oxidation sites excluding steroid dienone is 1. The lowest BCUT2D eigenvalue weighted by Crippen LogP contribution is -2.03. The molecule has 1 heterocycles. The van der Waals surface area contributed by atoms with Crippen LogP contribution in [0.3, 0.4) is 0 Å². The maximum atomic E-state index is 11.2. The van der Waals surface area contributed by atoms with Crippen molar-refractivity contribution in [1.29, 1.82) is 0 Å². The summed E-state index contributed by atoms with van der Waals surface area (Å²) in [5, 5.41) is 0. The van der Waals surface area contributed by atoms with Crippen molar-refractivity contribution >= 4 is 11.9 Å². The molecule has 0 aromatic carbocycles. The molecule has 0 radical (unpaired) electrons. The Hall–Kier alpha value is -1.12. The number of hydrogen-bond donors (Lipinski definition) is 0. The van der Waals surface area contributed by atoms with Gasteiger partial charge in [-0.25, -0.2) is 0 Å². The van der Waals surface area contributed by atoms with Gasteiger partial charge in [0.25, 0.3) is 0 Å². The molecule has 1 unspecified atom stereocenters. The van der Waals surface area contributed by atoms with Gasteiger partial charge in [0.1, 0.15) is 0 Å². The van der Waals surface area contributed by atoms with Crippen molar-refractivity contribution in [2.24, 2.45) is 11.8 Å². The van der Waals surface area contributed by atoms with E-state index in [0.717, 1.165) is 18.8 Å². The fourth-order valence-corrected chi connectivity index (χ4v) is 2.24. The van der Waals surface area contributed by atoms with E-state index in [0.29, 0.717) is 0 Å². The second-order valence-corrected chi connectivity index (χ2v) is 5.77. The van der Waals surface area contributed by atoms with Crippen molar-refractivity contribution in [3.63, 3.8) is 0 Å². The van der Waals surface area contributed by atoms with Crippen molar-refractivity contribution in [3.05, 3.63) is 12.2 Å². The standard InChI is InChI=1S/C16H26O3/c1-13(2)10-8-6-4-3-5-7-9-11-14-12-15(17)19-16(14)18/h9,11,13-14H,3-8,10,12H2,1-2H3. The Kier molecular flexibility index (Phi) is 7.46. The van der Waals surface area contributed by atoms with Gasteiger partial charge in [0, 0.05) is 0 Å². The molecule has 108 valence electrons. The van der Waals surface area contributed by atoms with Crippen molar-refractivity contribution in [3.8, 4) is 0 Å². The van der Waals surface area contributed by atoms with Crippen LogP contribution in [0.2, 0.25) is 0 Å². The zero-order chi connectivity index (χ0) is 14.1. The van der Waals surface area contributed by atoms with Crippen LogP contribution in [0, 0.1) is 11.8 Å². The van der Waals surface area contributed by atoms with E-state index in [1.54, 1.807) is 0 Å². The Labute approximate surface area is 116 Å². The van der Waals surface area contributed by atoms with Gasteiger partial charge in [-0.3, -0.25) is 9.59 Å². The lowest BCUT2D eigenvalue weighted by molar-refractivity contribution is -0.152. The largest absolute Gasteiger partial charge is 0.393 e. The van der Waals surface area contributed by atoms with E-state index < -0.39 is 11.9 Å². The molecule has 0 amide bonds. The van der Waals surface area contributed by atoms with E-state index in [-0.39, 0.29) is 12.3 Å². The van der Waals surface area contributed by atoms with Crippen molar-refractivity contribution in [2.45, 2.75) is 65.2 Å². The Bertz CT molecular complexity index is 318. The number of carbonyl (C=O) groups is 2. The smallest absolute Gasteiger partial charge is 0.321 e. The number of carbonyl (C=O) groups excluding carboxylic acids is 2. The molecule has 0 N–H and O–H groups in total.